The van der Waals surface area contributed by atoms with Gasteiger partial charge in [-0.1, -0.05) is 0 Å². The monoisotopic (exact) mass is 245 g/mol. The van der Waals surface area contributed by atoms with E-state index in [9.17, 15) is 9.13 Å². The molecule has 0 atom stereocenters. The average Bonchev–Trinajstić information content (AvgIpc) is 2.28. The average molecular weight is 245 g/mol. The van der Waals surface area contributed by atoms with Crippen LogP contribution in [0.3, 0.4) is 0 Å². The molecule has 5 N–H and O–H groups in total. The maximum absolute atomic E-state index is 10.9. The Hall–Kier alpha value is -0.200. The molecule has 14 heavy (non-hydrogen) atoms. The number of rotatable bonds is 2. The molecule has 0 saturated heterocycles. The molecule has 0 aromatic heterocycles. The molecule has 82 valence electrons. The lowest BCUT2D eigenvalue weighted by molar-refractivity contribution is 0.0300. The van der Waals surface area contributed by atoms with Gasteiger partial charge in [-0.2, -0.15) is 0 Å². The van der Waals surface area contributed by atoms with Crippen LogP contribution in [0.1, 0.15) is 6.92 Å². The quantitative estimate of drug-likeness (QED) is 0.408. The highest BCUT2D eigenvalue weighted by molar-refractivity contribution is 7.72. The van der Waals surface area contributed by atoms with Crippen LogP contribution in [0.2, 0.25) is 0 Å². The Balaban J connectivity index is 3.34. The molecular weight excluding hydrogens is 236 g/mol. The molecule has 0 aromatic carbocycles. The molecule has 1 aliphatic rings. The fourth-order valence-corrected chi connectivity index (χ4v) is 3.36. The summed E-state index contributed by atoms with van der Waals surface area (Å²) in [7, 11) is -10.3. The summed E-state index contributed by atoms with van der Waals surface area (Å²) in [6.45, 7) is 1.35. The zero-order chi connectivity index (χ0) is 11.2. The van der Waals surface area contributed by atoms with Gasteiger partial charge >= 0.3 is 20.3 Å². The van der Waals surface area contributed by atoms with Crippen molar-refractivity contribution in [3.63, 3.8) is 0 Å². The molecule has 0 saturated carbocycles. The van der Waals surface area contributed by atoms with E-state index in [0.717, 1.165) is 0 Å². The van der Waals surface area contributed by atoms with Crippen molar-refractivity contribution in [2.75, 3.05) is 0 Å². The second kappa shape index (κ2) is 3.15. The third kappa shape index (κ3) is 1.66. The van der Waals surface area contributed by atoms with Gasteiger partial charge in [0, 0.05) is 5.70 Å². The molecule has 1 aliphatic heterocycles. The maximum Gasteiger partial charge on any atom is 0.376 e. The van der Waals surface area contributed by atoms with Crippen LogP contribution in [0.5, 0.6) is 0 Å². The van der Waals surface area contributed by atoms with Crippen LogP contribution in [0.4, 0.5) is 0 Å². The minimum atomic E-state index is -5.13. The minimum absolute atomic E-state index is 0.122. The van der Waals surface area contributed by atoms with Crippen molar-refractivity contribution in [3.05, 3.63) is 11.8 Å². The van der Waals surface area contributed by atoms with Crippen LogP contribution < -0.4 is 5.48 Å². The van der Waals surface area contributed by atoms with Crippen molar-refractivity contribution in [2.24, 2.45) is 0 Å². The van der Waals surface area contributed by atoms with Gasteiger partial charge in [-0.15, -0.1) is 0 Å². The summed E-state index contributed by atoms with van der Waals surface area (Å²) < 4.78 is 21.9. The van der Waals surface area contributed by atoms with Gasteiger partial charge in [0.1, 0.15) is 0 Å². The van der Waals surface area contributed by atoms with Crippen molar-refractivity contribution in [1.29, 1.82) is 0 Å². The fourth-order valence-electron chi connectivity index (χ4n) is 0.953. The predicted molar refractivity (Wildman–Crippen MR) is 44.8 cm³/mol. The SMILES string of the molecule is CC1=CC(P(=O)(O)O)(P(=O)(O)O)ON1. The largest absolute Gasteiger partial charge is 0.376 e. The van der Waals surface area contributed by atoms with Gasteiger partial charge in [-0.05, 0) is 13.0 Å². The summed E-state index contributed by atoms with van der Waals surface area (Å²) in [6.07, 6.45) is 0.689. The van der Waals surface area contributed by atoms with Gasteiger partial charge in [0.2, 0.25) is 0 Å². The van der Waals surface area contributed by atoms with Crippen molar-refractivity contribution in [3.8, 4) is 0 Å². The predicted octanol–water partition coefficient (Wildman–Crippen LogP) is -0.566. The molecule has 0 bridgehead atoms. The van der Waals surface area contributed by atoms with E-state index in [-0.39, 0.29) is 5.70 Å². The van der Waals surface area contributed by atoms with Crippen LogP contribution in [-0.2, 0) is 14.0 Å². The Bertz CT molecular complexity index is 342. The van der Waals surface area contributed by atoms with Gasteiger partial charge < -0.3 is 19.6 Å². The van der Waals surface area contributed by atoms with E-state index in [2.05, 4.69) is 4.84 Å². The normalized spacial score (nSPS) is 21.6. The lowest BCUT2D eigenvalue weighted by Gasteiger charge is -2.26. The van der Waals surface area contributed by atoms with Gasteiger partial charge in [0.05, 0.1) is 0 Å². The lowest BCUT2D eigenvalue weighted by atomic mass is 10.5. The Morgan fingerprint density at radius 1 is 1.29 bits per heavy atom. The first-order chi connectivity index (χ1) is 6.10. The minimum Gasteiger partial charge on any atom is -0.322 e. The fraction of sp³-hybridized carbons (Fsp3) is 0.500. The van der Waals surface area contributed by atoms with Gasteiger partial charge in [-0.3, -0.25) is 14.6 Å². The number of hydrogen-bond acceptors (Lipinski definition) is 4. The number of hydroxylamine groups is 1. The molecule has 0 aromatic rings. The molecule has 0 amide bonds. The van der Waals surface area contributed by atoms with Crippen LogP contribution in [0.25, 0.3) is 0 Å². The second-order valence-electron chi connectivity index (χ2n) is 2.78. The highest BCUT2D eigenvalue weighted by Gasteiger charge is 2.63. The number of hydrogen-bond donors (Lipinski definition) is 5. The Morgan fingerprint density at radius 2 is 1.71 bits per heavy atom. The van der Waals surface area contributed by atoms with Crippen LogP contribution in [0.15, 0.2) is 11.8 Å². The van der Waals surface area contributed by atoms with E-state index in [1.54, 1.807) is 0 Å². The third-order valence-corrected chi connectivity index (χ3v) is 5.27. The first kappa shape index (κ1) is 11.9. The van der Waals surface area contributed by atoms with E-state index in [0.29, 0.717) is 6.08 Å². The molecule has 8 nitrogen and oxygen atoms in total. The van der Waals surface area contributed by atoms with Crippen molar-refractivity contribution < 1.29 is 33.5 Å². The summed E-state index contributed by atoms with van der Waals surface area (Å²) >= 11 is 0. The van der Waals surface area contributed by atoms with Crippen LogP contribution >= 0.6 is 15.2 Å². The second-order valence-corrected chi connectivity index (χ2v) is 6.64. The van der Waals surface area contributed by atoms with Gasteiger partial charge in [0.25, 0.3) is 0 Å². The molecule has 0 aliphatic carbocycles. The Morgan fingerprint density at radius 3 is 1.86 bits per heavy atom. The van der Waals surface area contributed by atoms with Gasteiger partial charge in [-0.25, -0.2) is 4.84 Å². The Kier molecular flexibility index (Phi) is 2.67. The van der Waals surface area contributed by atoms with E-state index in [1.807, 2.05) is 5.48 Å². The Labute approximate surface area is 78.9 Å². The standard InChI is InChI=1S/C4H9NO7P2/c1-3-2-4(12-5-3,13(6,7)8)14(9,10)11/h2,5H,1H3,(H2,6,7,8)(H2,9,10,11). The smallest absolute Gasteiger partial charge is 0.322 e. The zero-order valence-corrected chi connectivity index (χ0v) is 8.77. The molecule has 1 rings (SSSR count). The van der Waals surface area contributed by atoms with Gasteiger partial charge in [0.15, 0.2) is 0 Å². The number of nitrogens with one attached hydrogen (secondary N) is 1. The van der Waals surface area contributed by atoms with Crippen molar-refractivity contribution in [1.82, 2.24) is 5.48 Å². The van der Waals surface area contributed by atoms with Crippen molar-refractivity contribution >= 4 is 15.2 Å². The lowest BCUT2D eigenvalue weighted by Crippen LogP contribution is -2.29. The number of allylic oxidation sites excluding steroid dienone is 1. The summed E-state index contributed by atoms with van der Waals surface area (Å²) in [5.74, 6) is 0. The molecule has 0 unspecified atom stereocenters. The van der Waals surface area contributed by atoms with E-state index in [1.165, 1.54) is 6.92 Å². The third-order valence-electron chi connectivity index (χ3n) is 1.60. The topological polar surface area (TPSA) is 136 Å². The molecule has 0 fully saturated rings. The van der Waals surface area contributed by atoms with E-state index < -0.39 is 20.3 Å². The zero-order valence-electron chi connectivity index (χ0n) is 6.99. The highest BCUT2D eigenvalue weighted by Crippen LogP contribution is 2.71. The van der Waals surface area contributed by atoms with Crippen LogP contribution in [-0.4, -0.2) is 24.7 Å². The molecular formula is C4H9NO7P2. The molecule has 1 heterocycles. The van der Waals surface area contributed by atoms with E-state index >= 15 is 0 Å². The summed E-state index contributed by atoms with van der Waals surface area (Å²) in [5, 5.41) is -2.90. The van der Waals surface area contributed by atoms with Crippen LogP contribution in [0, 0.1) is 0 Å². The maximum atomic E-state index is 10.9. The molecule has 0 spiro atoms. The molecule has 10 heteroatoms. The summed E-state index contributed by atoms with van der Waals surface area (Å²) in [5.41, 5.74) is 2.12. The van der Waals surface area contributed by atoms with Crippen molar-refractivity contribution in [2.45, 2.75) is 12.0 Å². The molecule has 0 radical (unpaired) electrons. The van der Waals surface area contributed by atoms with E-state index in [4.69, 9.17) is 19.6 Å². The first-order valence-electron chi connectivity index (χ1n) is 3.35. The summed E-state index contributed by atoms with van der Waals surface area (Å²) in [6, 6.07) is 0. The summed E-state index contributed by atoms with van der Waals surface area (Å²) in [4.78, 5) is 39.6. The highest BCUT2D eigenvalue weighted by atomic mass is 31.2. The first-order valence-corrected chi connectivity index (χ1v) is 6.57.